The predicted molar refractivity (Wildman–Crippen MR) is 109 cm³/mol. The summed E-state index contributed by atoms with van der Waals surface area (Å²) in [6.45, 7) is 3.89. The molecule has 0 atom stereocenters. The van der Waals surface area contributed by atoms with E-state index in [-0.39, 0.29) is 23.1 Å². The van der Waals surface area contributed by atoms with E-state index in [4.69, 9.17) is 11.6 Å². The number of rotatable bonds is 3. The Morgan fingerprint density at radius 1 is 1.14 bits per heavy atom. The minimum Gasteiger partial charge on any atom is -0.346 e. The van der Waals surface area contributed by atoms with Gasteiger partial charge in [-0.2, -0.15) is 0 Å². The van der Waals surface area contributed by atoms with Crippen molar-refractivity contribution in [2.24, 2.45) is 5.41 Å². The fourth-order valence-electron chi connectivity index (χ4n) is 4.12. The highest BCUT2D eigenvalue weighted by molar-refractivity contribution is 6.31. The van der Waals surface area contributed by atoms with Crippen LogP contribution in [0, 0.1) is 5.41 Å². The average Bonchev–Trinajstić information content (AvgIpc) is 2.82. The summed E-state index contributed by atoms with van der Waals surface area (Å²) in [6.07, 6.45) is 4.63. The lowest BCUT2D eigenvalue weighted by Gasteiger charge is -2.41. The van der Waals surface area contributed by atoms with Gasteiger partial charge in [-0.05, 0) is 49.3 Å². The van der Waals surface area contributed by atoms with Crippen LogP contribution < -0.4 is 5.32 Å². The second-order valence-corrected chi connectivity index (χ2v) is 8.39. The van der Waals surface area contributed by atoms with E-state index >= 15 is 0 Å². The van der Waals surface area contributed by atoms with Crippen molar-refractivity contribution in [1.29, 1.82) is 0 Å². The zero-order valence-electron chi connectivity index (χ0n) is 16.6. The third-order valence-electron chi connectivity index (χ3n) is 6.19. The van der Waals surface area contributed by atoms with Crippen LogP contribution in [-0.4, -0.2) is 54.2 Å². The Bertz CT molecular complexity index is 772. The van der Waals surface area contributed by atoms with Crippen molar-refractivity contribution in [2.75, 3.05) is 32.0 Å². The summed E-state index contributed by atoms with van der Waals surface area (Å²) in [6, 6.07) is 4.98. The van der Waals surface area contributed by atoms with E-state index < -0.39 is 0 Å². The van der Waals surface area contributed by atoms with Crippen LogP contribution in [-0.2, 0) is 9.59 Å². The summed E-state index contributed by atoms with van der Waals surface area (Å²) < 4.78 is 0. The van der Waals surface area contributed by atoms with Crippen molar-refractivity contribution in [3.63, 3.8) is 0 Å². The highest BCUT2D eigenvalue weighted by Gasteiger charge is 2.38. The fourth-order valence-corrected chi connectivity index (χ4v) is 4.29. The Labute approximate surface area is 171 Å². The second-order valence-electron chi connectivity index (χ2n) is 7.95. The second kappa shape index (κ2) is 8.52. The largest absolute Gasteiger partial charge is 0.346 e. The maximum absolute atomic E-state index is 13.1. The predicted octanol–water partition coefficient (Wildman–Crippen LogP) is 3.55. The van der Waals surface area contributed by atoms with E-state index in [1.54, 1.807) is 25.1 Å². The number of benzene rings is 1. The third kappa shape index (κ3) is 4.49. The number of anilines is 1. The molecule has 1 aromatic carbocycles. The van der Waals surface area contributed by atoms with Gasteiger partial charge in [0.25, 0.3) is 5.91 Å². The number of piperidine rings is 1. The Balaban J connectivity index is 1.70. The minimum absolute atomic E-state index is 0.0836. The maximum Gasteiger partial charge on any atom is 0.255 e. The van der Waals surface area contributed by atoms with Crippen molar-refractivity contribution in [3.8, 4) is 0 Å². The Morgan fingerprint density at radius 2 is 1.82 bits per heavy atom. The van der Waals surface area contributed by atoms with Crippen LogP contribution in [0.3, 0.4) is 0 Å². The minimum atomic E-state index is -0.152. The van der Waals surface area contributed by atoms with Crippen molar-refractivity contribution >= 4 is 35.0 Å². The van der Waals surface area contributed by atoms with Gasteiger partial charge in [0.2, 0.25) is 11.8 Å². The number of nitrogens with one attached hydrogen (secondary N) is 1. The molecule has 3 amide bonds. The molecule has 28 heavy (non-hydrogen) atoms. The van der Waals surface area contributed by atoms with Gasteiger partial charge in [0, 0.05) is 44.5 Å². The molecule has 1 N–H and O–H groups in total. The molecule has 7 heteroatoms. The van der Waals surface area contributed by atoms with E-state index in [0.717, 1.165) is 32.2 Å². The molecule has 6 nitrogen and oxygen atoms in total. The first kappa shape index (κ1) is 20.6. The summed E-state index contributed by atoms with van der Waals surface area (Å²) in [5.41, 5.74) is 1.08. The number of halogens is 1. The Hall–Kier alpha value is -2.08. The molecule has 2 aliphatic heterocycles. The van der Waals surface area contributed by atoms with E-state index in [9.17, 15) is 14.4 Å². The molecule has 2 aliphatic rings. The van der Waals surface area contributed by atoms with Crippen molar-refractivity contribution in [1.82, 2.24) is 9.80 Å². The number of likely N-dealkylation sites (tertiary alicyclic amines) is 2. The normalized spacial score (nSPS) is 19.5. The number of hydrogen-bond donors (Lipinski definition) is 1. The van der Waals surface area contributed by atoms with Gasteiger partial charge in [0.05, 0.1) is 11.3 Å². The zero-order chi connectivity index (χ0) is 20.3. The summed E-state index contributed by atoms with van der Waals surface area (Å²) in [5, 5.41) is 3.26. The molecule has 0 aromatic heterocycles. The van der Waals surface area contributed by atoms with Crippen LogP contribution in [0.25, 0.3) is 0 Å². The molecule has 0 unspecified atom stereocenters. The number of nitrogens with zero attached hydrogens (tertiary/aromatic N) is 2. The van der Waals surface area contributed by atoms with Crippen LogP contribution in [0.15, 0.2) is 18.2 Å². The SMILES string of the molecule is CCC(=O)Nc1cc(Cl)ccc1C(=O)N1CCC2(CCC(=O)N(C)CC2)CC1. The van der Waals surface area contributed by atoms with Gasteiger partial charge in [-0.25, -0.2) is 0 Å². The van der Waals surface area contributed by atoms with Gasteiger partial charge in [-0.3, -0.25) is 14.4 Å². The molecular weight excluding hydrogens is 378 g/mol. The zero-order valence-corrected chi connectivity index (χ0v) is 17.3. The lowest BCUT2D eigenvalue weighted by molar-refractivity contribution is -0.129. The van der Waals surface area contributed by atoms with E-state index in [1.165, 1.54) is 0 Å². The van der Waals surface area contributed by atoms with Crippen molar-refractivity contribution in [3.05, 3.63) is 28.8 Å². The first-order valence-corrected chi connectivity index (χ1v) is 10.3. The standard InChI is InChI=1S/C21H28ClN3O3/c1-3-18(26)23-17-14-15(22)4-5-16(17)20(28)25-12-9-21(10-13-25)7-6-19(27)24(2)11-8-21/h4-5,14H,3,6-13H2,1-2H3,(H,23,26). The molecule has 3 rings (SSSR count). The van der Waals surface area contributed by atoms with Crippen LogP contribution in [0.4, 0.5) is 5.69 Å². The van der Waals surface area contributed by atoms with Crippen molar-refractivity contribution in [2.45, 2.75) is 45.4 Å². The van der Waals surface area contributed by atoms with Crippen LogP contribution in [0.1, 0.15) is 55.8 Å². The summed E-state index contributed by atoms with van der Waals surface area (Å²) in [7, 11) is 1.87. The first-order valence-electron chi connectivity index (χ1n) is 9.96. The third-order valence-corrected chi connectivity index (χ3v) is 6.43. The highest BCUT2D eigenvalue weighted by atomic mass is 35.5. The lowest BCUT2D eigenvalue weighted by Crippen LogP contribution is -2.43. The molecule has 1 aromatic rings. The monoisotopic (exact) mass is 405 g/mol. The molecular formula is C21H28ClN3O3. The summed E-state index contributed by atoms with van der Waals surface area (Å²) in [5.74, 6) is -0.0197. The van der Waals surface area contributed by atoms with Gasteiger partial charge in [-0.1, -0.05) is 18.5 Å². The number of hydrogen-bond acceptors (Lipinski definition) is 3. The van der Waals surface area contributed by atoms with E-state index in [1.807, 2.05) is 16.8 Å². The first-order chi connectivity index (χ1) is 13.3. The smallest absolute Gasteiger partial charge is 0.255 e. The molecule has 2 fully saturated rings. The Morgan fingerprint density at radius 3 is 2.50 bits per heavy atom. The molecule has 2 saturated heterocycles. The molecule has 152 valence electrons. The molecule has 0 radical (unpaired) electrons. The average molecular weight is 406 g/mol. The van der Waals surface area contributed by atoms with Gasteiger partial charge >= 0.3 is 0 Å². The van der Waals surface area contributed by atoms with Gasteiger partial charge in [0.15, 0.2) is 0 Å². The molecule has 1 spiro atoms. The van der Waals surface area contributed by atoms with Gasteiger partial charge in [0.1, 0.15) is 0 Å². The fraction of sp³-hybridized carbons (Fsp3) is 0.571. The topological polar surface area (TPSA) is 69.7 Å². The molecule has 0 saturated carbocycles. The van der Waals surface area contributed by atoms with Gasteiger partial charge in [-0.15, -0.1) is 0 Å². The summed E-state index contributed by atoms with van der Waals surface area (Å²) >= 11 is 6.06. The van der Waals surface area contributed by atoms with Crippen molar-refractivity contribution < 1.29 is 14.4 Å². The van der Waals surface area contributed by atoms with E-state index in [2.05, 4.69) is 5.32 Å². The van der Waals surface area contributed by atoms with E-state index in [0.29, 0.717) is 42.2 Å². The molecule has 0 aliphatic carbocycles. The van der Waals surface area contributed by atoms with Crippen LogP contribution >= 0.6 is 11.6 Å². The lowest BCUT2D eigenvalue weighted by atomic mass is 9.73. The Kier molecular flexibility index (Phi) is 6.28. The highest BCUT2D eigenvalue weighted by Crippen LogP contribution is 2.41. The van der Waals surface area contributed by atoms with Crippen LogP contribution in [0.5, 0.6) is 0 Å². The number of carbonyl (C=O) groups is 3. The number of carbonyl (C=O) groups excluding carboxylic acids is 3. The molecule has 0 bridgehead atoms. The molecule has 2 heterocycles. The van der Waals surface area contributed by atoms with Gasteiger partial charge < -0.3 is 15.1 Å². The van der Waals surface area contributed by atoms with Crippen LogP contribution in [0.2, 0.25) is 5.02 Å². The number of amides is 3. The quantitative estimate of drug-likeness (QED) is 0.835. The maximum atomic E-state index is 13.1. The summed E-state index contributed by atoms with van der Waals surface area (Å²) in [4.78, 5) is 40.6.